The van der Waals surface area contributed by atoms with Crippen molar-refractivity contribution in [1.29, 1.82) is 0 Å². The molecule has 1 aromatic carbocycles. The fourth-order valence-electron chi connectivity index (χ4n) is 1.81. The molecule has 2 atom stereocenters. The van der Waals surface area contributed by atoms with Gasteiger partial charge in [-0.05, 0) is 35.4 Å². The number of alkyl halides is 1. The number of rotatable bonds is 3. The van der Waals surface area contributed by atoms with Crippen LogP contribution in [0.2, 0.25) is 5.02 Å². The first-order valence-electron chi connectivity index (χ1n) is 5.58. The van der Waals surface area contributed by atoms with E-state index < -0.39 is 5.82 Å². The van der Waals surface area contributed by atoms with Gasteiger partial charge in [0.25, 0.3) is 0 Å². The van der Waals surface area contributed by atoms with E-state index in [0.29, 0.717) is 0 Å². The SMILES string of the molecule is CC(c1ccncc1)C(Cl)c1ccc(F)c(Cl)c1. The quantitative estimate of drug-likeness (QED) is 0.726. The van der Waals surface area contributed by atoms with Crippen LogP contribution in [0.5, 0.6) is 0 Å². The van der Waals surface area contributed by atoms with Gasteiger partial charge in [0, 0.05) is 18.3 Å². The van der Waals surface area contributed by atoms with Crippen molar-refractivity contribution in [2.45, 2.75) is 18.2 Å². The molecule has 18 heavy (non-hydrogen) atoms. The van der Waals surface area contributed by atoms with Gasteiger partial charge in [-0.15, -0.1) is 11.6 Å². The molecule has 0 aliphatic heterocycles. The minimum atomic E-state index is -0.430. The van der Waals surface area contributed by atoms with Gasteiger partial charge in [-0.3, -0.25) is 4.98 Å². The molecule has 4 heteroatoms. The molecule has 0 spiro atoms. The Hall–Kier alpha value is -1.12. The first-order chi connectivity index (χ1) is 8.59. The fraction of sp³-hybridized carbons (Fsp3) is 0.214. The lowest BCUT2D eigenvalue weighted by Crippen LogP contribution is -2.03. The largest absolute Gasteiger partial charge is 0.265 e. The lowest BCUT2D eigenvalue weighted by atomic mass is 9.94. The second kappa shape index (κ2) is 5.68. The van der Waals surface area contributed by atoms with Gasteiger partial charge in [-0.2, -0.15) is 0 Å². The Morgan fingerprint density at radius 1 is 1.11 bits per heavy atom. The summed E-state index contributed by atoms with van der Waals surface area (Å²) in [4.78, 5) is 3.97. The van der Waals surface area contributed by atoms with Crippen LogP contribution in [0.15, 0.2) is 42.7 Å². The molecule has 0 aliphatic carbocycles. The van der Waals surface area contributed by atoms with E-state index in [1.807, 2.05) is 19.1 Å². The van der Waals surface area contributed by atoms with Crippen molar-refractivity contribution < 1.29 is 4.39 Å². The average molecular weight is 284 g/mol. The molecule has 0 fully saturated rings. The van der Waals surface area contributed by atoms with Gasteiger partial charge in [-0.1, -0.05) is 24.6 Å². The van der Waals surface area contributed by atoms with E-state index in [1.54, 1.807) is 24.5 Å². The topological polar surface area (TPSA) is 12.9 Å². The summed E-state index contributed by atoms with van der Waals surface area (Å²) in [5, 5.41) is -0.162. The van der Waals surface area contributed by atoms with Crippen molar-refractivity contribution in [1.82, 2.24) is 4.98 Å². The molecular formula is C14H12Cl2FN. The summed E-state index contributed by atoms with van der Waals surface area (Å²) in [5.41, 5.74) is 1.90. The Labute approximate surface area is 116 Å². The monoisotopic (exact) mass is 283 g/mol. The summed E-state index contributed by atoms with van der Waals surface area (Å²) < 4.78 is 13.1. The Kier molecular flexibility index (Phi) is 4.20. The second-order valence-electron chi connectivity index (χ2n) is 4.14. The predicted molar refractivity (Wildman–Crippen MR) is 72.7 cm³/mol. The summed E-state index contributed by atoms with van der Waals surface area (Å²) in [6.45, 7) is 2.02. The standard InChI is InChI=1S/C14H12Cl2FN/c1-9(10-4-6-18-7-5-10)14(16)11-2-3-13(17)12(15)8-11/h2-9,14H,1H3. The third-order valence-electron chi connectivity index (χ3n) is 2.93. The highest BCUT2D eigenvalue weighted by molar-refractivity contribution is 6.31. The maximum absolute atomic E-state index is 13.1. The lowest BCUT2D eigenvalue weighted by molar-refractivity contribution is 0.626. The molecule has 0 N–H and O–H groups in total. The van der Waals surface area contributed by atoms with Gasteiger partial charge < -0.3 is 0 Å². The number of aromatic nitrogens is 1. The summed E-state index contributed by atoms with van der Waals surface area (Å²) in [6, 6.07) is 8.42. The molecule has 2 rings (SSSR count). The number of hydrogen-bond acceptors (Lipinski definition) is 1. The highest BCUT2D eigenvalue weighted by Gasteiger charge is 2.19. The molecule has 1 heterocycles. The van der Waals surface area contributed by atoms with Crippen molar-refractivity contribution in [3.05, 3.63) is 64.7 Å². The minimum Gasteiger partial charge on any atom is -0.265 e. The van der Waals surface area contributed by atoms with Crippen LogP contribution in [0.3, 0.4) is 0 Å². The fourth-order valence-corrected chi connectivity index (χ4v) is 2.28. The molecule has 0 saturated carbocycles. The van der Waals surface area contributed by atoms with Gasteiger partial charge in [0.05, 0.1) is 10.4 Å². The van der Waals surface area contributed by atoms with E-state index in [-0.39, 0.29) is 16.3 Å². The number of nitrogens with zero attached hydrogens (tertiary/aromatic N) is 1. The molecule has 0 amide bonds. The Balaban J connectivity index is 2.25. The number of hydrogen-bond donors (Lipinski definition) is 0. The van der Waals surface area contributed by atoms with Crippen LogP contribution < -0.4 is 0 Å². The molecule has 1 aromatic heterocycles. The maximum Gasteiger partial charge on any atom is 0.141 e. The number of pyridine rings is 1. The molecule has 94 valence electrons. The van der Waals surface area contributed by atoms with Gasteiger partial charge in [0.2, 0.25) is 0 Å². The third kappa shape index (κ3) is 2.82. The molecule has 0 radical (unpaired) electrons. The van der Waals surface area contributed by atoms with Crippen LogP contribution in [0.25, 0.3) is 0 Å². The van der Waals surface area contributed by atoms with Crippen molar-refractivity contribution >= 4 is 23.2 Å². The average Bonchev–Trinajstić information content (AvgIpc) is 2.41. The molecular weight excluding hydrogens is 272 g/mol. The van der Waals surface area contributed by atoms with Crippen LogP contribution in [0.1, 0.15) is 29.3 Å². The van der Waals surface area contributed by atoms with Crippen LogP contribution in [-0.4, -0.2) is 4.98 Å². The molecule has 0 bridgehead atoms. The van der Waals surface area contributed by atoms with Crippen molar-refractivity contribution in [2.75, 3.05) is 0 Å². The molecule has 1 nitrogen and oxygen atoms in total. The second-order valence-corrected chi connectivity index (χ2v) is 5.02. The van der Waals surface area contributed by atoms with E-state index in [4.69, 9.17) is 23.2 Å². The highest BCUT2D eigenvalue weighted by Crippen LogP contribution is 2.36. The van der Waals surface area contributed by atoms with Crippen LogP contribution in [0, 0.1) is 5.82 Å². The maximum atomic E-state index is 13.1. The van der Waals surface area contributed by atoms with E-state index in [0.717, 1.165) is 11.1 Å². The van der Waals surface area contributed by atoms with Gasteiger partial charge in [-0.25, -0.2) is 4.39 Å². The molecule has 0 saturated heterocycles. The first-order valence-corrected chi connectivity index (χ1v) is 6.40. The summed E-state index contributed by atoms with van der Waals surface area (Å²) >= 11 is 12.2. The smallest absolute Gasteiger partial charge is 0.141 e. The van der Waals surface area contributed by atoms with Gasteiger partial charge >= 0.3 is 0 Å². The predicted octanol–water partition coefficient (Wildman–Crippen LogP) is 4.96. The van der Waals surface area contributed by atoms with Gasteiger partial charge in [0.15, 0.2) is 0 Å². The van der Waals surface area contributed by atoms with Gasteiger partial charge in [0.1, 0.15) is 5.82 Å². The van der Waals surface area contributed by atoms with Crippen LogP contribution >= 0.6 is 23.2 Å². The Morgan fingerprint density at radius 2 is 1.78 bits per heavy atom. The van der Waals surface area contributed by atoms with E-state index in [2.05, 4.69) is 4.98 Å². The highest BCUT2D eigenvalue weighted by atomic mass is 35.5. The van der Waals surface area contributed by atoms with E-state index in [1.165, 1.54) is 6.07 Å². The zero-order chi connectivity index (χ0) is 13.1. The van der Waals surface area contributed by atoms with Crippen molar-refractivity contribution in [3.8, 4) is 0 Å². The van der Waals surface area contributed by atoms with E-state index in [9.17, 15) is 4.39 Å². The zero-order valence-corrected chi connectivity index (χ0v) is 11.3. The van der Waals surface area contributed by atoms with E-state index >= 15 is 0 Å². The molecule has 0 aliphatic rings. The van der Waals surface area contributed by atoms with Crippen LogP contribution in [0.4, 0.5) is 4.39 Å². The minimum absolute atomic E-state index is 0.0937. The number of halogens is 3. The summed E-state index contributed by atoms with van der Waals surface area (Å²) in [7, 11) is 0. The third-order valence-corrected chi connectivity index (χ3v) is 3.85. The number of benzene rings is 1. The lowest BCUT2D eigenvalue weighted by Gasteiger charge is -2.19. The Bertz CT molecular complexity index is 531. The molecule has 2 aromatic rings. The summed E-state index contributed by atoms with van der Waals surface area (Å²) in [6.07, 6.45) is 3.46. The van der Waals surface area contributed by atoms with Crippen molar-refractivity contribution in [2.24, 2.45) is 0 Å². The zero-order valence-electron chi connectivity index (χ0n) is 9.78. The molecule has 2 unspecified atom stereocenters. The Morgan fingerprint density at radius 3 is 2.39 bits per heavy atom. The normalized spacial score (nSPS) is 14.2. The van der Waals surface area contributed by atoms with Crippen LogP contribution in [-0.2, 0) is 0 Å². The summed E-state index contributed by atoms with van der Waals surface area (Å²) in [5.74, 6) is -0.336. The van der Waals surface area contributed by atoms with Crippen molar-refractivity contribution in [3.63, 3.8) is 0 Å². The first kappa shape index (κ1) is 13.3.